The lowest BCUT2D eigenvalue weighted by Gasteiger charge is -2.12. The summed E-state index contributed by atoms with van der Waals surface area (Å²) in [6.07, 6.45) is 2.38. The van der Waals surface area contributed by atoms with Crippen LogP contribution in [0.2, 0.25) is 0 Å². The van der Waals surface area contributed by atoms with E-state index in [1.165, 1.54) is 6.08 Å². The number of rotatable bonds is 5. The second kappa shape index (κ2) is 7.70. The molecule has 0 radical (unpaired) electrons. The Morgan fingerprint density at radius 1 is 1.43 bits per heavy atom. The van der Waals surface area contributed by atoms with Gasteiger partial charge in [0, 0.05) is 0 Å². The first-order valence-electron chi connectivity index (χ1n) is 6.45. The highest BCUT2D eigenvalue weighted by atomic mass is 16.5. The summed E-state index contributed by atoms with van der Waals surface area (Å²) in [5.41, 5.74) is 5.27. The molecule has 0 spiro atoms. The van der Waals surface area contributed by atoms with Crippen LogP contribution >= 0.6 is 0 Å². The van der Waals surface area contributed by atoms with Gasteiger partial charge in [0.1, 0.15) is 17.4 Å². The molecule has 0 aromatic heterocycles. The fourth-order valence-electron chi connectivity index (χ4n) is 1.45. The van der Waals surface area contributed by atoms with Gasteiger partial charge in [-0.2, -0.15) is 5.26 Å². The number of carbonyl (C=O) groups excluding carboxylic acids is 2. The summed E-state index contributed by atoms with van der Waals surface area (Å²) in [6.45, 7) is 3.99. The van der Waals surface area contributed by atoms with Gasteiger partial charge in [-0.15, -0.1) is 0 Å². The Balaban J connectivity index is 2.85. The number of benzene rings is 1. The summed E-state index contributed by atoms with van der Waals surface area (Å²) in [5, 5.41) is 10.8. The summed E-state index contributed by atoms with van der Waals surface area (Å²) in [5.74, 6) is -0.119. The number of carbonyl (C=O) groups is 2. The van der Waals surface area contributed by atoms with Crippen LogP contribution in [0.1, 0.15) is 25.8 Å². The third-order valence-electron chi connectivity index (χ3n) is 2.71. The first-order chi connectivity index (χ1) is 9.96. The van der Waals surface area contributed by atoms with Gasteiger partial charge in [0.25, 0.3) is 5.91 Å². The predicted octanol–water partition coefficient (Wildman–Crippen LogP) is 1.97. The van der Waals surface area contributed by atoms with Crippen LogP contribution in [0.3, 0.4) is 0 Å². The van der Waals surface area contributed by atoms with Crippen molar-refractivity contribution in [3.05, 3.63) is 35.4 Å². The quantitative estimate of drug-likeness (QED) is 0.637. The lowest BCUT2D eigenvalue weighted by atomic mass is 10.1. The van der Waals surface area contributed by atoms with Crippen LogP contribution in [0.25, 0.3) is 6.08 Å². The van der Waals surface area contributed by atoms with E-state index in [2.05, 4.69) is 0 Å². The van der Waals surface area contributed by atoms with Gasteiger partial charge in [0.05, 0.1) is 6.10 Å². The Kier molecular flexibility index (Phi) is 5.96. The van der Waals surface area contributed by atoms with Crippen LogP contribution in [0.5, 0.6) is 5.75 Å². The van der Waals surface area contributed by atoms with Gasteiger partial charge in [0.15, 0.2) is 0 Å². The summed E-state index contributed by atoms with van der Waals surface area (Å²) >= 11 is 0. The van der Waals surface area contributed by atoms with Crippen LogP contribution in [0, 0.1) is 11.3 Å². The molecule has 6 nitrogen and oxygen atoms in total. The molecule has 1 aromatic carbocycles. The molecule has 0 heterocycles. The molecule has 110 valence electrons. The lowest BCUT2D eigenvalue weighted by Crippen LogP contribution is -2.35. The van der Waals surface area contributed by atoms with Crippen molar-refractivity contribution in [2.45, 2.75) is 26.4 Å². The summed E-state index contributed by atoms with van der Waals surface area (Å²) < 4.78 is 5.62. The van der Waals surface area contributed by atoms with Gasteiger partial charge < -0.3 is 10.5 Å². The van der Waals surface area contributed by atoms with E-state index in [0.29, 0.717) is 11.3 Å². The maximum Gasteiger partial charge on any atom is 0.319 e. The highest BCUT2D eigenvalue weighted by Crippen LogP contribution is 2.16. The number of urea groups is 1. The van der Waals surface area contributed by atoms with Crippen molar-refractivity contribution in [1.29, 1.82) is 5.26 Å². The molecule has 0 aliphatic rings. The third-order valence-corrected chi connectivity index (χ3v) is 2.71. The van der Waals surface area contributed by atoms with Gasteiger partial charge in [-0.25, -0.2) is 4.79 Å². The number of hydrogen-bond acceptors (Lipinski definition) is 4. The van der Waals surface area contributed by atoms with E-state index in [1.54, 1.807) is 30.3 Å². The molecule has 0 saturated carbocycles. The fraction of sp³-hybridized carbons (Fsp3) is 0.267. The molecule has 21 heavy (non-hydrogen) atoms. The number of primary amides is 1. The van der Waals surface area contributed by atoms with Crippen molar-refractivity contribution < 1.29 is 14.3 Å². The SMILES string of the molecule is CC[C@H](C)Oc1ccc(/C=C(/C#N)C(=O)NC(N)=O)cc1. The molecule has 0 bridgehead atoms. The van der Waals surface area contributed by atoms with E-state index < -0.39 is 11.9 Å². The number of nitrogens with two attached hydrogens (primary N) is 1. The average Bonchev–Trinajstić information content (AvgIpc) is 2.45. The Morgan fingerprint density at radius 2 is 2.05 bits per heavy atom. The van der Waals surface area contributed by atoms with E-state index in [0.717, 1.165) is 6.42 Å². The van der Waals surface area contributed by atoms with Crippen LogP contribution in [-0.4, -0.2) is 18.0 Å². The van der Waals surface area contributed by atoms with Gasteiger partial charge in [0.2, 0.25) is 0 Å². The maximum atomic E-state index is 11.5. The number of hydrogen-bond donors (Lipinski definition) is 2. The van der Waals surface area contributed by atoms with Crippen molar-refractivity contribution in [1.82, 2.24) is 5.32 Å². The molecule has 0 fully saturated rings. The fourth-order valence-corrected chi connectivity index (χ4v) is 1.45. The van der Waals surface area contributed by atoms with E-state index in [1.807, 2.05) is 19.2 Å². The number of amides is 3. The molecule has 3 N–H and O–H groups in total. The maximum absolute atomic E-state index is 11.5. The molecule has 0 aliphatic heterocycles. The zero-order valence-electron chi connectivity index (χ0n) is 11.9. The minimum absolute atomic E-state index is 0.113. The van der Waals surface area contributed by atoms with Crippen molar-refractivity contribution in [3.63, 3.8) is 0 Å². The van der Waals surface area contributed by atoms with E-state index in [-0.39, 0.29) is 11.7 Å². The van der Waals surface area contributed by atoms with Gasteiger partial charge in [-0.3, -0.25) is 10.1 Å². The van der Waals surface area contributed by atoms with Crippen molar-refractivity contribution in [3.8, 4) is 11.8 Å². The average molecular weight is 287 g/mol. The lowest BCUT2D eigenvalue weighted by molar-refractivity contribution is -0.115. The summed E-state index contributed by atoms with van der Waals surface area (Å²) in [7, 11) is 0. The standard InChI is InChI=1S/C15H17N3O3/c1-3-10(2)21-13-6-4-11(5-7-13)8-12(9-16)14(19)18-15(17)20/h4-8,10H,3H2,1-2H3,(H3,17,18,19,20)/b12-8-/t10-/m0/s1. The highest BCUT2D eigenvalue weighted by molar-refractivity contribution is 6.08. The van der Waals surface area contributed by atoms with E-state index in [4.69, 9.17) is 15.7 Å². The van der Waals surface area contributed by atoms with Crippen LogP contribution in [0.4, 0.5) is 4.79 Å². The minimum Gasteiger partial charge on any atom is -0.491 e. The second-order valence-corrected chi connectivity index (χ2v) is 4.39. The van der Waals surface area contributed by atoms with Crippen molar-refractivity contribution >= 4 is 18.0 Å². The van der Waals surface area contributed by atoms with Crippen molar-refractivity contribution in [2.75, 3.05) is 0 Å². The van der Waals surface area contributed by atoms with Crippen molar-refractivity contribution in [2.24, 2.45) is 5.73 Å². The monoisotopic (exact) mass is 287 g/mol. The zero-order chi connectivity index (χ0) is 15.8. The van der Waals surface area contributed by atoms with Gasteiger partial charge >= 0.3 is 6.03 Å². The molecule has 3 amide bonds. The normalized spacial score (nSPS) is 12.1. The van der Waals surface area contributed by atoms with Crippen LogP contribution in [-0.2, 0) is 4.79 Å². The molecular formula is C15H17N3O3. The third kappa shape index (κ3) is 5.37. The molecule has 0 aliphatic carbocycles. The van der Waals surface area contributed by atoms with Gasteiger partial charge in [-0.1, -0.05) is 19.1 Å². The Bertz CT molecular complexity index is 585. The van der Waals surface area contributed by atoms with Gasteiger partial charge in [-0.05, 0) is 37.1 Å². The number of nitrogens with one attached hydrogen (secondary N) is 1. The molecule has 1 aromatic rings. The molecule has 6 heteroatoms. The minimum atomic E-state index is -1.00. The number of imide groups is 1. The first kappa shape index (κ1) is 16.2. The first-order valence-corrected chi connectivity index (χ1v) is 6.45. The van der Waals surface area contributed by atoms with E-state index in [9.17, 15) is 9.59 Å². The largest absolute Gasteiger partial charge is 0.491 e. The van der Waals surface area contributed by atoms with Crippen LogP contribution in [0.15, 0.2) is 29.8 Å². The molecule has 1 atom stereocenters. The number of nitriles is 1. The van der Waals surface area contributed by atoms with E-state index >= 15 is 0 Å². The number of nitrogens with zero attached hydrogens (tertiary/aromatic N) is 1. The predicted molar refractivity (Wildman–Crippen MR) is 78.1 cm³/mol. The molecule has 0 unspecified atom stereocenters. The smallest absolute Gasteiger partial charge is 0.319 e. The Labute approximate surface area is 123 Å². The van der Waals surface area contributed by atoms with Crippen LogP contribution < -0.4 is 15.8 Å². The number of ether oxygens (including phenoxy) is 1. The summed E-state index contributed by atoms with van der Waals surface area (Å²) in [4.78, 5) is 22.1. The topological polar surface area (TPSA) is 105 Å². The highest BCUT2D eigenvalue weighted by Gasteiger charge is 2.10. The molecule has 1 rings (SSSR count). The Hall–Kier alpha value is -2.81. The molecule has 0 saturated heterocycles. The molecular weight excluding hydrogens is 270 g/mol. The second-order valence-electron chi connectivity index (χ2n) is 4.39. The zero-order valence-corrected chi connectivity index (χ0v) is 11.9. The summed E-state index contributed by atoms with van der Waals surface area (Å²) in [6, 6.07) is 7.65. The Morgan fingerprint density at radius 3 is 2.52 bits per heavy atom.